The second-order valence-corrected chi connectivity index (χ2v) is 6.71. The molecule has 1 atom stereocenters. The number of likely N-dealkylation sites (tertiary alicyclic amines) is 1. The third-order valence-electron chi connectivity index (χ3n) is 4.61. The summed E-state index contributed by atoms with van der Waals surface area (Å²) in [7, 11) is 0. The minimum absolute atomic E-state index is 0.0817. The Labute approximate surface area is 142 Å². The van der Waals surface area contributed by atoms with Crippen LogP contribution in [0, 0.1) is 5.92 Å². The number of hydrogen-bond acceptors (Lipinski definition) is 4. The first kappa shape index (κ1) is 16.8. The van der Waals surface area contributed by atoms with Crippen molar-refractivity contribution in [2.45, 2.75) is 31.9 Å². The Morgan fingerprint density at radius 3 is 2.62 bits per heavy atom. The van der Waals surface area contributed by atoms with Gasteiger partial charge in [0.15, 0.2) is 0 Å². The Kier molecular flexibility index (Phi) is 5.35. The number of ether oxygens (including phenoxy) is 1. The molecule has 1 aliphatic heterocycles. The van der Waals surface area contributed by atoms with Crippen molar-refractivity contribution in [3.8, 4) is 0 Å². The van der Waals surface area contributed by atoms with Crippen molar-refractivity contribution in [1.82, 2.24) is 9.80 Å². The Bertz CT molecular complexity index is 574. The normalized spacial score (nSPS) is 20.8. The van der Waals surface area contributed by atoms with Crippen LogP contribution in [-0.2, 0) is 16.1 Å². The summed E-state index contributed by atoms with van der Waals surface area (Å²) in [5, 5.41) is 8.88. The first-order valence-corrected chi connectivity index (χ1v) is 8.53. The molecule has 1 saturated carbocycles. The molecule has 6 heteroatoms. The fourth-order valence-electron chi connectivity index (χ4n) is 3.24. The third-order valence-corrected chi connectivity index (χ3v) is 4.61. The zero-order chi connectivity index (χ0) is 16.9. The molecule has 1 aromatic carbocycles. The molecule has 0 bridgehead atoms. The minimum atomic E-state index is -0.794. The van der Waals surface area contributed by atoms with Gasteiger partial charge in [-0.15, -0.1) is 0 Å². The van der Waals surface area contributed by atoms with Gasteiger partial charge in [0.1, 0.15) is 6.61 Å². The lowest BCUT2D eigenvalue weighted by Crippen LogP contribution is -2.38. The van der Waals surface area contributed by atoms with Crippen LogP contribution in [0.15, 0.2) is 30.3 Å². The fourth-order valence-corrected chi connectivity index (χ4v) is 3.24. The molecule has 0 spiro atoms. The topological polar surface area (TPSA) is 70.1 Å². The van der Waals surface area contributed by atoms with Crippen LogP contribution in [-0.4, -0.2) is 59.2 Å². The van der Waals surface area contributed by atoms with Gasteiger partial charge in [-0.1, -0.05) is 30.3 Å². The van der Waals surface area contributed by atoms with E-state index in [4.69, 9.17) is 9.84 Å². The van der Waals surface area contributed by atoms with E-state index >= 15 is 0 Å². The van der Waals surface area contributed by atoms with Crippen molar-refractivity contribution in [3.05, 3.63) is 35.9 Å². The van der Waals surface area contributed by atoms with Crippen LogP contribution in [0.25, 0.3) is 0 Å². The lowest BCUT2D eigenvalue weighted by Gasteiger charge is -2.25. The van der Waals surface area contributed by atoms with Gasteiger partial charge in [-0.05, 0) is 37.3 Å². The van der Waals surface area contributed by atoms with E-state index in [1.165, 1.54) is 0 Å². The summed E-state index contributed by atoms with van der Waals surface area (Å²) in [5.74, 6) is -0.466. The lowest BCUT2D eigenvalue weighted by atomic mass is 10.1. The van der Waals surface area contributed by atoms with Crippen molar-refractivity contribution in [3.63, 3.8) is 0 Å². The highest BCUT2D eigenvalue weighted by molar-refractivity contribution is 5.69. The number of hydrogen-bond donors (Lipinski definition) is 1. The van der Waals surface area contributed by atoms with Crippen molar-refractivity contribution < 1.29 is 19.4 Å². The van der Waals surface area contributed by atoms with E-state index in [9.17, 15) is 9.59 Å². The fraction of sp³-hybridized carbons (Fsp3) is 0.556. The van der Waals surface area contributed by atoms with Gasteiger partial charge in [0, 0.05) is 19.1 Å². The van der Waals surface area contributed by atoms with Gasteiger partial charge in [-0.3, -0.25) is 9.69 Å². The van der Waals surface area contributed by atoms with Crippen LogP contribution in [0.4, 0.5) is 4.79 Å². The van der Waals surface area contributed by atoms with E-state index in [1.54, 1.807) is 0 Å². The highest BCUT2D eigenvalue weighted by atomic mass is 16.6. The van der Waals surface area contributed by atoms with Crippen LogP contribution in [0.3, 0.4) is 0 Å². The van der Waals surface area contributed by atoms with Gasteiger partial charge >= 0.3 is 12.1 Å². The molecule has 3 rings (SSSR count). The van der Waals surface area contributed by atoms with Gasteiger partial charge in [0.2, 0.25) is 0 Å². The predicted octanol–water partition coefficient (Wildman–Crippen LogP) is 2.19. The summed E-state index contributed by atoms with van der Waals surface area (Å²) < 4.78 is 5.47. The number of rotatable bonds is 7. The first-order valence-electron chi connectivity index (χ1n) is 8.53. The molecule has 2 fully saturated rings. The molecule has 1 heterocycles. The van der Waals surface area contributed by atoms with E-state index in [0.717, 1.165) is 37.9 Å². The number of carbonyl (C=O) groups is 2. The SMILES string of the molecule is O=C(O)CN1CC[C@@H](CN(C(=O)OCc2ccccc2)C2CC2)C1. The Morgan fingerprint density at radius 1 is 1.21 bits per heavy atom. The Hall–Kier alpha value is -2.08. The largest absolute Gasteiger partial charge is 0.480 e. The molecule has 0 radical (unpaired) electrons. The number of carbonyl (C=O) groups excluding carboxylic acids is 1. The molecule has 1 amide bonds. The number of carboxylic acid groups (broad SMARTS) is 1. The zero-order valence-corrected chi connectivity index (χ0v) is 13.8. The number of carboxylic acids is 1. The standard InChI is InChI=1S/C18H24N2O4/c21-17(22)12-19-9-8-15(10-19)11-20(16-6-7-16)18(23)24-13-14-4-2-1-3-5-14/h1-5,15-16H,6-13H2,(H,21,22)/t15-/m1/s1. The summed E-state index contributed by atoms with van der Waals surface area (Å²) in [4.78, 5) is 27.0. The van der Waals surface area contributed by atoms with E-state index in [-0.39, 0.29) is 12.6 Å². The summed E-state index contributed by atoms with van der Waals surface area (Å²) in [6.07, 6.45) is 2.75. The van der Waals surface area contributed by atoms with Crippen LogP contribution in [0.5, 0.6) is 0 Å². The Morgan fingerprint density at radius 2 is 1.96 bits per heavy atom. The average Bonchev–Trinajstić information content (AvgIpc) is 3.32. The van der Waals surface area contributed by atoms with Gasteiger partial charge < -0.3 is 14.7 Å². The summed E-state index contributed by atoms with van der Waals surface area (Å²) >= 11 is 0. The number of aliphatic carboxylic acids is 1. The molecule has 1 aliphatic carbocycles. The Balaban J connectivity index is 1.49. The van der Waals surface area contributed by atoms with E-state index < -0.39 is 5.97 Å². The monoisotopic (exact) mass is 332 g/mol. The molecular weight excluding hydrogens is 308 g/mol. The molecule has 1 saturated heterocycles. The minimum Gasteiger partial charge on any atom is -0.480 e. The predicted molar refractivity (Wildman–Crippen MR) is 88.5 cm³/mol. The zero-order valence-electron chi connectivity index (χ0n) is 13.8. The van der Waals surface area contributed by atoms with Crippen LogP contribution in [0.1, 0.15) is 24.8 Å². The molecule has 0 aromatic heterocycles. The highest BCUT2D eigenvalue weighted by Gasteiger charge is 2.36. The van der Waals surface area contributed by atoms with E-state index in [2.05, 4.69) is 0 Å². The number of benzene rings is 1. The van der Waals surface area contributed by atoms with Gasteiger partial charge in [0.05, 0.1) is 6.54 Å². The maximum Gasteiger partial charge on any atom is 0.410 e. The molecule has 0 unspecified atom stereocenters. The van der Waals surface area contributed by atoms with E-state index in [1.807, 2.05) is 40.1 Å². The average molecular weight is 332 g/mol. The molecule has 1 N–H and O–H groups in total. The van der Waals surface area contributed by atoms with Gasteiger partial charge in [-0.2, -0.15) is 0 Å². The quantitative estimate of drug-likeness (QED) is 0.829. The summed E-state index contributed by atoms with van der Waals surface area (Å²) in [5.41, 5.74) is 0.982. The van der Waals surface area contributed by atoms with Gasteiger partial charge in [0.25, 0.3) is 0 Å². The molecule has 6 nitrogen and oxygen atoms in total. The number of nitrogens with zero attached hydrogens (tertiary/aromatic N) is 2. The smallest absolute Gasteiger partial charge is 0.410 e. The van der Waals surface area contributed by atoms with Crippen molar-refractivity contribution in [2.75, 3.05) is 26.2 Å². The first-order chi connectivity index (χ1) is 11.6. The molecule has 24 heavy (non-hydrogen) atoms. The number of amides is 1. The summed E-state index contributed by atoms with van der Waals surface area (Å²) in [6.45, 7) is 2.56. The maximum atomic E-state index is 12.4. The molecule has 130 valence electrons. The molecule has 2 aliphatic rings. The van der Waals surface area contributed by atoms with Crippen molar-refractivity contribution in [2.24, 2.45) is 5.92 Å². The third kappa shape index (κ3) is 4.71. The summed E-state index contributed by atoms with van der Waals surface area (Å²) in [6, 6.07) is 9.96. The highest BCUT2D eigenvalue weighted by Crippen LogP contribution is 2.30. The lowest BCUT2D eigenvalue weighted by molar-refractivity contribution is -0.138. The van der Waals surface area contributed by atoms with Crippen LogP contribution < -0.4 is 0 Å². The second kappa shape index (κ2) is 7.66. The molecular formula is C18H24N2O4. The second-order valence-electron chi connectivity index (χ2n) is 6.71. The van der Waals surface area contributed by atoms with Gasteiger partial charge in [-0.25, -0.2) is 4.79 Å². The van der Waals surface area contributed by atoms with E-state index in [0.29, 0.717) is 25.1 Å². The molecule has 1 aromatic rings. The maximum absolute atomic E-state index is 12.4. The van der Waals surface area contributed by atoms with Crippen molar-refractivity contribution >= 4 is 12.1 Å². The van der Waals surface area contributed by atoms with Crippen LogP contribution in [0.2, 0.25) is 0 Å². The van der Waals surface area contributed by atoms with Crippen LogP contribution >= 0.6 is 0 Å². The van der Waals surface area contributed by atoms with Crippen molar-refractivity contribution in [1.29, 1.82) is 0 Å².